The van der Waals surface area contributed by atoms with Crippen molar-refractivity contribution in [2.45, 2.75) is 20.3 Å². The molecule has 124 valence electrons. The predicted molar refractivity (Wildman–Crippen MR) is 98.6 cm³/mol. The van der Waals surface area contributed by atoms with E-state index in [1.807, 2.05) is 74.5 Å². The Morgan fingerprint density at radius 2 is 1.72 bits per heavy atom. The first kappa shape index (κ1) is 15.3. The van der Waals surface area contributed by atoms with Crippen LogP contribution in [0.1, 0.15) is 18.4 Å². The lowest BCUT2D eigenvalue weighted by atomic mass is 10.2. The lowest BCUT2D eigenvalue weighted by Crippen LogP contribution is -2.25. The molecule has 25 heavy (non-hydrogen) atoms. The van der Waals surface area contributed by atoms with E-state index in [9.17, 15) is 4.79 Å². The van der Waals surface area contributed by atoms with E-state index in [2.05, 4.69) is 5.10 Å². The fourth-order valence-corrected chi connectivity index (χ4v) is 3.06. The van der Waals surface area contributed by atoms with Gasteiger partial charge < -0.3 is 0 Å². The van der Waals surface area contributed by atoms with Gasteiger partial charge in [-0.1, -0.05) is 37.3 Å². The normalized spacial score (nSPS) is 11.1. The van der Waals surface area contributed by atoms with Gasteiger partial charge in [0.25, 0.3) is 5.56 Å². The molecule has 0 unspecified atom stereocenters. The lowest BCUT2D eigenvalue weighted by molar-refractivity contribution is 0.753. The van der Waals surface area contributed by atoms with Crippen molar-refractivity contribution >= 4 is 10.9 Å². The summed E-state index contributed by atoms with van der Waals surface area (Å²) < 4.78 is 3.47. The van der Waals surface area contributed by atoms with E-state index in [0.29, 0.717) is 17.6 Å². The fourth-order valence-electron chi connectivity index (χ4n) is 3.06. The van der Waals surface area contributed by atoms with E-state index in [1.54, 1.807) is 9.25 Å². The third kappa shape index (κ3) is 2.54. The standard InChI is InChI=1S/C20H18N4O/c1-3-18-21-17-12-8-7-11-16(17)20(25)23(18)19-13-14(2)22-24(19)15-9-5-4-6-10-15/h4-13H,3H2,1-2H3. The number of para-hydroxylation sites is 2. The van der Waals surface area contributed by atoms with Crippen LogP contribution >= 0.6 is 0 Å². The maximum Gasteiger partial charge on any atom is 0.267 e. The second-order valence-corrected chi connectivity index (χ2v) is 5.93. The van der Waals surface area contributed by atoms with Crippen molar-refractivity contribution in [2.24, 2.45) is 0 Å². The largest absolute Gasteiger partial charge is 0.268 e. The topological polar surface area (TPSA) is 52.7 Å². The summed E-state index contributed by atoms with van der Waals surface area (Å²) in [5.41, 5.74) is 2.41. The van der Waals surface area contributed by atoms with Gasteiger partial charge in [0.05, 0.1) is 22.3 Å². The summed E-state index contributed by atoms with van der Waals surface area (Å²) in [6.45, 7) is 3.93. The summed E-state index contributed by atoms with van der Waals surface area (Å²) >= 11 is 0. The zero-order chi connectivity index (χ0) is 17.4. The first-order valence-electron chi connectivity index (χ1n) is 8.32. The van der Waals surface area contributed by atoms with Crippen molar-refractivity contribution in [3.63, 3.8) is 0 Å². The summed E-state index contributed by atoms with van der Waals surface area (Å²) in [7, 11) is 0. The molecule has 0 bridgehead atoms. The number of hydrogen-bond donors (Lipinski definition) is 0. The molecule has 2 heterocycles. The van der Waals surface area contributed by atoms with Crippen LogP contribution in [-0.4, -0.2) is 19.3 Å². The number of benzene rings is 2. The van der Waals surface area contributed by atoms with Gasteiger partial charge in [0.2, 0.25) is 0 Å². The van der Waals surface area contributed by atoms with Gasteiger partial charge >= 0.3 is 0 Å². The number of rotatable bonds is 3. The Labute approximate surface area is 145 Å². The van der Waals surface area contributed by atoms with Crippen molar-refractivity contribution in [2.75, 3.05) is 0 Å². The number of fused-ring (bicyclic) bond motifs is 1. The summed E-state index contributed by atoms with van der Waals surface area (Å²) in [6.07, 6.45) is 0.652. The molecule has 4 rings (SSSR count). The molecular formula is C20H18N4O. The third-order valence-corrected chi connectivity index (χ3v) is 4.20. The molecule has 0 aliphatic carbocycles. The molecule has 0 saturated heterocycles. The van der Waals surface area contributed by atoms with Gasteiger partial charge in [0, 0.05) is 12.5 Å². The molecule has 2 aromatic carbocycles. The van der Waals surface area contributed by atoms with Gasteiger partial charge in [-0.05, 0) is 31.2 Å². The molecule has 0 amide bonds. The number of aryl methyl sites for hydroxylation is 2. The van der Waals surface area contributed by atoms with E-state index in [0.717, 1.165) is 22.7 Å². The van der Waals surface area contributed by atoms with Gasteiger partial charge in [-0.25, -0.2) is 14.2 Å². The molecule has 5 heteroatoms. The number of nitrogens with zero attached hydrogens (tertiary/aromatic N) is 4. The Kier molecular flexibility index (Phi) is 3.69. The minimum absolute atomic E-state index is 0.0699. The highest BCUT2D eigenvalue weighted by Gasteiger charge is 2.16. The second kappa shape index (κ2) is 6.02. The Balaban J connectivity index is 2.06. The quantitative estimate of drug-likeness (QED) is 0.578. The molecule has 0 saturated carbocycles. The van der Waals surface area contributed by atoms with Gasteiger partial charge in [-0.2, -0.15) is 5.10 Å². The first-order chi connectivity index (χ1) is 12.2. The van der Waals surface area contributed by atoms with Crippen molar-refractivity contribution in [1.82, 2.24) is 19.3 Å². The molecule has 2 aromatic heterocycles. The molecular weight excluding hydrogens is 312 g/mol. The van der Waals surface area contributed by atoms with E-state index in [1.165, 1.54) is 0 Å². The highest BCUT2D eigenvalue weighted by Crippen LogP contribution is 2.18. The number of aromatic nitrogens is 4. The predicted octanol–water partition coefficient (Wildman–Crippen LogP) is 3.44. The smallest absolute Gasteiger partial charge is 0.267 e. The SMILES string of the molecule is CCc1nc2ccccc2c(=O)n1-c1cc(C)nn1-c1ccccc1. The minimum Gasteiger partial charge on any atom is -0.268 e. The molecule has 0 aliphatic rings. The zero-order valence-corrected chi connectivity index (χ0v) is 14.2. The van der Waals surface area contributed by atoms with Crippen LogP contribution in [0.15, 0.2) is 65.5 Å². The summed E-state index contributed by atoms with van der Waals surface area (Å²) in [6, 6.07) is 19.2. The van der Waals surface area contributed by atoms with Gasteiger partial charge in [0.1, 0.15) is 11.6 Å². The molecule has 5 nitrogen and oxygen atoms in total. The lowest BCUT2D eigenvalue weighted by Gasteiger charge is -2.14. The van der Waals surface area contributed by atoms with Crippen LogP contribution in [0.25, 0.3) is 22.4 Å². The average molecular weight is 330 g/mol. The van der Waals surface area contributed by atoms with Crippen molar-refractivity contribution < 1.29 is 0 Å². The Morgan fingerprint density at radius 3 is 2.48 bits per heavy atom. The van der Waals surface area contributed by atoms with E-state index >= 15 is 0 Å². The molecule has 0 radical (unpaired) electrons. The summed E-state index contributed by atoms with van der Waals surface area (Å²) in [5.74, 6) is 1.43. The number of hydrogen-bond acceptors (Lipinski definition) is 3. The zero-order valence-electron chi connectivity index (χ0n) is 14.2. The van der Waals surface area contributed by atoms with Gasteiger partial charge in [-0.3, -0.25) is 4.79 Å². The highest BCUT2D eigenvalue weighted by atomic mass is 16.1. The summed E-state index contributed by atoms with van der Waals surface area (Å²) in [5, 5.41) is 5.19. The molecule has 0 spiro atoms. The molecule has 0 N–H and O–H groups in total. The van der Waals surface area contributed by atoms with Crippen LogP contribution < -0.4 is 5.56 Å². The monoisotopic (exact) mass is 330 g/mol. The van der Waals surface area contributed by atoms with Crippen LogP contribution in [-0.2, 0) is 6.42 Å². The van der Waals surface area contributed by atoms with Crippen LogP contribution in [0, 0.1) is 6.92 Å². The average Bonchev–Trinajstić information content (AvgIpc) is 3.03. The van der Waals surface area contributed by atoms with Crippen molar-refractivity contribution in [3.05, 3.63) is 82.5 Å². The van der Waals surface area contributed by atoms with Crippen LogP contribution in [0.2, 0.25) is 0 Å². The fraction of sp³-hybridized carbons (Fsp3) is 0.150. The molecule has 0 aliphatic heterocycles. The second-order valence-electron chi connectivity index (χ2n) is 5.93. The Bertz CT molecular complexity index is 1110. The minimum atomic E-state index is -0.0699. The van der Waals surface area contributed by atoms with Crippen LogP contribution in [0.3, 0.4) is 0 Å². The summed E-state index contributed by atoms with van der Waals surface area (Å²) in [4.78, 5) is 17.9. The Hall–Kier alpha value is -3.21. The van der Waals surface area contributed by atoms with Crippen molar-refractivity contribution in [1.29, 1.82) is 0 Å². The van der Waals surface area contributed by atoms with Crippen LogP contribution in [0.5, 0.6) is 0 Å². The highest BCUT2D eigenvalue weighted by molar-refractivity contribution is 5.77. The van der Waals surface area contributed by atoms with Crippen LogP contribution in [0.4, 0.5) is 0 Å². The maximum atomic E-state index is 13.2. The van der Waals surface area contributed by atoms with Gasteiger partial charge in [-0.15, -0.1) is 0 Å². The Morgan fingerprint density at radius 1 is 1.00 bits per heavy atom. The maximum absolute atomic E-state index is 13.2. The first-order valence-corrected chi connectivity index (χ1v) is 8.32. The molecule has 4 aromatic rings. The molecule has 0 atom stereocenters. The van der Waals surface area contributed by atoms with E-state index in [4.69, 9.17) is 4.98 Å². The van der Waals surface area contributed by atoms with Gasteiger partial charge in [0.15, 0.2) is 0 Å². The third-order valence-electron chi connectivity index (χ3n) is 4.20. The molecule has 0 fully saturated rings. The van der Waals surface area contributed by atoms with Crippen molar-refractivity contribution in [3.8, 4) is 11.5 Å². The van der Waals surface area contributed by atoms with E-state index in [-0.39, 0.29) is 5.56 Å². The van der Waals surface area contributed by atoms with E-state index < -0.39 is 0 Å².